The van der Waals surface area contributed by atoms with Crippen molar-refractivity contribution in [3.63, 3.8) is 0 Å². The number of carbonyl (C=O) groups is 2. The van der Waals surface area contributed by atoms with E-state index in [1.54, 1.807) is 24.3 Å². The fourth-order valence-corrected chi connectivity index (χ4v) is 1.27. The molecule has 17 heavy (non-hydrogen) atoms. The molecule has 0 saturated heterocycles. The maximum absolute atomic E-state index is 11.6. The zero-order valence-corrected chi connectivity index (χ0v) is 9.86. The summed E-state index contributed by atoms with van der Waals surface area (Å²) in [5.74, 6) is -0.877. The van der Waals surface area contributed by atoms with Gasteiger partial charge < -0.3 is 0 Å². The predicted octanol–water partition coefficient (Wildman–Crippen LogP) is 1.47. The molecule has 0 heterocycles. The Morgan fingerprint density at radius 3 is 2.71 bits per heavy atom. The fraction of sp³-hybridized carbons (Fsp3) is 0.182. The van der Waals surface area contributed by atoms with Crippen molar-refractivity contribution in [2.24, 2.45) is 0 Å². The number of nitrogens with one attached hydrogen (secondary N) is 1. The predicted molar refractivity (Wildman–Crippen MR) is 63.8 cm³/mol. The molecule has 6 heteroatoms. The highest BCUT2D eigenvalue weighted by Gasteiger charge is 2.15. The highest BCUT2D eigenvalue weighted by Crippen LogP contribution is 2.17. The highest BCUT2D eigenvalue weighted by molar-refractivity contribution is 6.28. The number of carbonyl (C=O) groups excluding carboxylic acids is 2. The van der Waals surface area contributed by atoms with Crippen molar-refractivity contribution in [2.45, 2.75) is 0 Å². The van der Waals surface area contributed by atoms with Crippen molar-refractivity contribution < 1.29 is 9.59 Å². The van der Waals surface area contributed by atoms with Gasteiger partial charge in [-0.3, -0.25) is 15.0 Å². The number of para-hydroxylation sites is 1. The van der Waals surface area contributed by atoms with E-state index in [1.807, 2.05) is 6.07 Å². The van der Waals surface area contributed by atoms with Crippen LogP contribution in [0, 0.1) is 11.3 Å². The van der Waals surface area contributed by atoms with E-state index >= 15 is 0 Å². The molecular weight excluding hydrogens is 242 g/mol. The first-order valence-electron chi connectivity index (χ1n) is 4.72. The summed E-state index contributed by atoms with van der Waals surface area (Å²) in [7, 11) is 1.47. The molecule has 0 radical (unpaired) electrons. The van der Waals surface area contributed by atoms with Gasteiger partial charge in [0.1, 0.15) is 11.9 Å². The van der Waals surface area contributed by atoms with Gasteiger partial charge in [-0.25, -0.2) is 4.79 Å². The number of urea groups is 1. The molecule has 0 bridgehead atoms. The molecule has 5 nitrogen and oxygen atoms in total. The first-order chi connectivity index (χ1) is 8.10. The maximum atomic E-state index is 11.6. The lowest BCUT2D eigenvalue weighted by Gasteiger charge is -2.18. The lowest BCUT2D eigenvalue weighted by molar-refractivity contribution is -0.117. The van der Waals surface area contributed by atoms with Crippen molar-refractivity contribution in [1.29, 1.82) is 5.26 Å². The van der Waals surface area contributed by atoms with Crippen LogP contribution in [0.2, 0.25) is 0 Å². The van der Waals surface area contributed by atoms with Gasteiger partial charge in [0.15, 0.2) is 0 Å². The lowest BCUT2D eigenvalue weighted by atomic mass is 10.2. The number of rotatable bonds is 2. The second kappa shape index (κ2) is 5.87. The number of alkyl halides is 1. The first-order valence-corrected chi connectivity index (χ1v) is 5.26. The molecule has 0 fully saturated rings. The number of benzene rings is 1. The third kappa shape index (κ3) is 3.20. The topological polar surface area (TPSA) is 73.2 Å². The molecule has 1 aromatic carbocycles. The van der Waals surface area contributed by atoms with E-state index in [1.165, 1.54) is 11.9 Å². The molecule has 1 rings (SSSR count). The van der Waals surface area contributed by atoms with Crippen molar-refractivity contribution in [3.8, 4) is 6.07 Å². The van der Waals surface area contributed by atoms with Crippen LogP contribution in [0.3, 0.4) is 0 Å². The number of nitriles is 1. The van der Waals surface area contributed by atoms with Gasteiger partial charge in [0.05, 0.1) is 11.3 Å². The Morgan fingerprint density at radius 1 is 1.47 bits per heavy atom. The molecule has 88 valence electrons. The van der Waals surface area contributed by atoms with Crippen LogP contribution in [0.4, 0.5) is 10.5 Å². The molecule has 0 aliphatic carbocycles. The summed E-state index contributed by atoms with van der Waals surface area (Å²) < 4.78 is 0. The highest BCUT2D eigenvalue weighted by atomic mass is 35.5. The van der Waals surface area contributed by atoms with Gasteiger partial charge in [0, 0.05) is 7.05 Å². The molecule has 0 aliphatic rings. The van der Waals surface area contributed by atoms with Crippen LogP contribution in [-0.4, -0.2) is 24.9 Å². The number of imide groups is 1. The molecule has 0 spiro atoms. The first kappa shape index (κ1) is 13.0. The number of hydrogen-bond acceptors (Lipinski definition) is 3. The minimum Gasteiger partial charge on any atom is -0.296 e. The molecule has 0 aliphatic heterocycles. The Kier molecular flexibility index (Phi) is 4.49. The van der Waals surface area contributed by atoms with Crippen LogP contribution >= 0.6 is 11.6 Å². The fourth-order valence-electron chi connectivity index (χ4n) is 1.21. The van der Waals surface area contributed by atoms with Crippen molar-refractivity contribution in [3.05, 3.63) is 29.8 Å². The summed E-state index contributed by atoms with van der Waals surface area (Å²) in [5, 5.41) is 11.0. The van der Waals surface area contributed by atoms with Crippen molar-refractivity contribution in [1.82, 2.24) is 5.32 Å². The van der Waals surface area contributed by atoms with Gasteiger partial charge in [0.2, 0.25) is 5.91 Å². The third-order valence-electron chi connectivity index (χ3n) is 2.06. The van der Waals surface area contributed by atoms with E-state index < -0.39 is 11.9 Å². The molecule has 3 amide bonds. The van der Waals surface area contributed by atoms with Gasteiger partial charge in [0.25, 0.3) is 0 Å². The van der Waals surface area contributed by atoms with Crippen LogP contribution in [0.5, 0.6) is 0 Å². The minimum absolute atomic E-state index is 0.292. The summed E-state index contributed by atoms with van der Waals surface area (Å²) in [6, 6.07) is 7.93. The Hall–Kier alpha value is -2.06. The largest absolute Gasteiger partial charge is 0.328 e. The monoisotopic (exact) mass is 251 g/mol. The zero-order chi connectivity index (χ0) is 12.8. The number of anilines is 1. The van der Waals surface area contributed by atoms with Gasteiger partial charge in [-0.05, 0) is 12.1 Å². The second-order valence-corrected chi connectivity index (χ2v) is 3.44. The summed E-state index contributed by atoms with van der Waals surface area (Å²) in [6.45, 7) is 0. The standard InChI is InChI=1S/C11H10ClN3O2/c1-15(11(17)14-10(16)6-12)9-5-3-2-4-8(9)7-13/h2-5H,6H2,1H3,(H,14,16,17). The van der Waals surface area contributed by atoms with Gasteiger partial charge in [-0.15, -0.1) is 11.6 Å². The normalized spacial score (nSPS) is 9.24. The molecule has 0 atom stereocenters. The van der Waals surface area contributed by atoms with Gasteiger partial charge in [-0.2, -0.15) is 5.26 Å². The van der Waals surface area contributed by atoms with E-state index in [0.29, 0.717) is 11.3 Å². The molecule has 0 aromatic heterocycles. The average Bonchev–Trinajstić information content (AvgIpc) is 2.37. The van der Waals surface area contributed by atoms with Crippen LogP contribution in [0.1, 0.15) is 5.56 Å². The summed E-state index contributed by atoms with van der Waals surface area (Å²) in [5.41, 5.74) is 0.776. The van der Waals surface area contributed by atoms with E-state index in [4.69, 9.17) is 16.9 Å². The number of halogens is 1. The maximum Gasteiger partial charge on any atom is 0.328 e. The molecule has 1 aromatic rings. The van der Waals surface area contributed by atoms with Crippen LogP contribution < -0.4 is 10.2 Å². The smallest absolute Gasteiger partial charge is 0.296 e. The van der Waals surface area contributed by atoms with E-state index in [0.717, 1.165) is 0 Å². The summed E-state index contributed by atoms with van der Waals surface area (Å²) >= 11 is 5.27. The summed E-state index contributed by atoms with van der Waals surface area (Å²) in [4.78, 5) is 23.7. The Bertz CT molecular complexity index is 482. The lowest BCUT2D eigenvalue weighted by Crippen LogP contribution is -2.41. The van der Waals surface area contributed by atoms with Gasteiger partial charge >= 0.3 is 6.03 Å². The Balaban J connectivity index is 2.89. The SMILES string of the molecule is CN(C(=O)NC(=O)CCl)c1ccccc1C#N. The molecule has 0 saturated carbocycles. The molecule has 0 unspecified atom stereocenters. The quantitative estimate of drug-likeness (QED) is 0.809. The number of hydrogen-bond donors (Lipinski definition) is 1. The van der Waals surface area contributed by atoms with Gasteiger partial charge in [-0.1, -0.05) is 12.1 Å². The van der Waals surface area contributed by atoms with Crippen LogP contribution in [0.15, 0.2) is 24.3 Å². The molecular formula is C11H10ClN3O2. The molecule has 1 N–H and O–H groups in total. The van der Waals surface area contributed by atoms with Crippen LogP contribution in [-0.2, 0) is 4.79 Å². The summed E-state index contributed by atoms with van der Waals surface area (Å²) in [6.07, 6.45) is 0. The Morgan fingerprint density at radius 2 is 2.12 bits per heavy atom. The second-order valence-electron chi connectivity index (χ2n) is 3.17. The number of nitrogens with zero attached hydrogens (tertiary/aromatic N) is 2. The van der Waals surface area contributed by atoms with E-state index in [9.17, 15) is 9.59 Å². The van der Waals surface area contributed by atoms with E-state index in [-0.39, 0.29) is 5.88 Å². The third-order valence-corrected chi connectivity index (χ3v) is 2.30. The van der Waals surface area contributed by atoms with Crippen LogP contribution in [0.25, 0.3) is 0 Å². The van der Waals surface area contributed by atoms with Crippen molar-refractivity contribution in [2.75, 3.05) is 17.8 Å². The number of amides is 3. The minimum atomic E-state index is -0.627. The van der Waals surface area contributed by atoms with Crippen molar-refractivity contribution >= 4 is 29.2 Å². The Labute approximate surface area is 104 Å². The van der Waals surface area contributed by atoms with E-state index in [2.05, 4.69) is 5.32 Å². The zero-order valence-electron chi connectivity index (χ0n) is 9.11. The average molecular weight is 252 g/mol.